The Kier molecular flexibility index (Phi) is 5.28. The molecule has 1 aliphatic heterocycles. The largest absolute Gasteiger partial charge is 0.333 e. The van der Waals surface area contributed by atoms with Crippen molar-refractivity contribution in [1.29, 1.82) is 0 Å². The predicted molar refractivity (Wildman–Crippen MR) is 107 cm³/mol. The second-order valence-corrected chi connectivity index (χ2v) is 7.53. The Bertz CT molecular complexity index is 1020. The number of carbonyl (C=O) groups excluding carboxylic acids is 1. The van der Waals surface area contributed by atoms with E-state index in [4.69, 9.17) is 11.6 Å². The number of fused-ring (bicyclic) bond motifs is 1. The summed E-state index contributed by atoms with van der Waals surface area (Å²) >= 11 is 6.16. The number of piperazine rings is 1. The van der Waals surface area contributed by atoms with E-state index in [0.29, 0.717) is 30.2 Å². The maximum absolute atomic E-state index is 13.1. The molecule has 146 valence electrons. The van der Waals surface area contributed by atoms with Crippen LogP contribution in [-0.2, 0) is 11.2 Å². The van der Waals surface area contributed by atoms with Crippen LogP contribution in [0.1, 0.15) is 35.0 Å². The normalized spacial score (nSPS) is 17.2. The van der Waals surface area contributed by atoms with E-state index in [2.05, 4.69) is 20.4 Å². The number of benzene rings is 1. The lowest BCUT2D eigenvalue weighted by atomic mass is 10.0. The minimum Gasteiger partial charge on any atom is -0.333 e. The van der Waals surface area contributed by atoms with E-state index in [0.717, 1.165) is 35.6 Å². The van der Waals surface area contributed by atoms with Gasteiger partial charge in [0, 0.05) is 42.5 Å². The molecule has 1 amide bonds. The molecular formula is C20H23ClN6O. The van der Waals surface area contributed by atoms with Gasteiger partial charge in [-0.2, -0.15) is 10.1 Å². The van der Waals surface area contributed by atoms with Gasteiger partial charge in [0.25, 0.3) is 5.78 Å². The zero-order valence-corrected chi connectivity index (χ0v) is 16.8. The fourth-order valence-electron chi connectivity index (χ4n) is 3.91. The van der Waals surface area contributed by atoms with Crippen molar-refractivity contribution in [1.82, 2.24) is 29.8 Å². The van der Waals surface area contributed by atoms with Crippen molar-refractivity contribution in [2.45, 2.75) is 32.7 Å². The Hall–Kier alpha value is -2.51. The standard InChI is InChI=1S/C20H23ClN6O/c1-13-17(14(2)27-20(25-13)23-12-24-27)6-7-19(28)26-9-8-22-11-18(26)15-4-3-5-16(21)10-15/h3-5,10,12,18,22H,6-9,11H2,1-2H3. The molecule has 1 saturated heterocycles. The van der Waals surface area contributed by atoms with Crippen LogP contribution in [-0.4, -0.2) is 50.0 Å². The summed E-state index contributed by atoms with van der Waals surface area (Å²) < 4.78 is 1.73. The van der Waals surface area contributed by atoms with Crippen molar-refractivity contribution in [2.24, 2.45) is 0 Å². The first-order valence-electron chi connectivity index (χ1n) is 9.46. The van der Waals surface area contributed by atoms with E-state index in [-0.39, 0.29) is 11.9 Å². The van der Waals surface area contributed by atoms with Gasteiger partial charge in [-0.3, -0.25) is 4.79 Å². The molecule has 2 aromatic heterocycles. The number of rotatable bonds is 4. The van der Waals surface area contributed by atoms with Crippen LogP contribution in [0.2, 0.25) is 5.02 Å². The third-order valence-electron chi connectivity index (χ3n) is 5.37. The van der Waals surface area contributed by atoms with Gasteiger partial charge in [-0.25, -0.2) is 9.50 Å². The Morgan fingerprint density at radius 1 is 1.36 bits per heavy atom. The molecular weight excluding hydrogens is 376 g/mol. The van der Waals surface area contributed by atoms with Gasteiger partial charge >= 0.3 is 0 Å². The van der Waals surface area contributed by atoms with Gasteiger partial charge in [0.1, 0.15) is 6.33 Å². The molecule has 1 aromatic carbocycles. The summed E-state index contributed by atoms with van der Waals surface area (Å²) in [4.78, 5) is 23.7. The Morgan fingerprint density at radius 2 is 2.21 bits per heavy atom. The number of amides is 1. The highest BCUT2D eigenvalue weighted by atomic mass is 35.5. The van der Waals surface area contributed by atoms with Crippen molar-refractivity contribution in [3.05, 3.63) is 58.1 Å². The number of nitrogens with one attached hydrogen (secondary N) is 1. The topological polar surface area (TPSA) is 75.4 Å². The molecule has 1 aliphatic rings. The first-order valence-corrected chi connectivity index (χ1v) is 9.84. The molecule has 28 heavy (non-hydrogen) atoms. The molecule has 0 radical (unpaired) electrons. The van der Waals surface area contributed by atoms with Crippen molar-refractivity contribution in [3.8, 4) is 0 Å². The molecule has 0 bridgehead atoms. The molecule has 1 atom stereocenters. The van der Waals surface area contributed by atoms with Crippen LogP contribution >= 0.6 is 11.6 Å². The van der Waals surface area contributed by atoms with Crippen LogP contribution in [0, 0.1) is 13.8 Å². The van der Waals surface area contributed by atoms with Crippen molar-refractivity contribution >= 4 is 23.3 Å². The molecule has 4 rings (SSSR count). The third kappa shape index (κ3) is 3.59. The molecule has 1 N–H and O–H groups in total. The van der Waals surface area contributed by atoms with Crippen LogP contribution in [0.3, 0.4) is 0 Å². The monoisotopic (exact) mass is 398 g/mol. The average molecular weight is 399 g/mol. The van der Waals surface area contributed by atoms with E-state index in [1.54, 1.807) is 4.52 Å². The van der Waals surface area contributed by atoms with E-state index in [1.807, 2.05) is 43.0 Å². The molecule has 3 heterocycles. The third-order valence-corrected chi connectivity index (χ3v) is 5.61. The molecule has 0 saturated carbocycles. The van der Waals surface area contributed by atoms with E-state index in [1.165, 1.54) is 6.33 Å². The quantitative estimate of drug-likeness (QED) is 0.730. The lowest BCUT2D eigenvalue weighted by molar-refractivity contribution is -0.134. The summed E-state index contributed by atoms with van der Waals surface area (Å²) in [6.45, 7) is 6.18. The lowest BCUT2D eigenvalue weighted by Crippen LogP contribution is -2.48. The fraction of sp³-hybridized carbons (Fsp3) is 0.400. The molecule has 8 heteroatoms. The van der Waals surface area contributed by atoms with Gasteiger partial charge in [-0.15, -0.1) is 0 Å². The summed E-state index contributed by atoms with van der Waals surface area (Å²) in [5.74, 6) is 0.733. The average Bonchev–Trinajstić information content (AvgIpc) is 3.16. The lowest BCUT2D eigenvalue weighted by Gasteiger charge is -2.37. The first kappa shape index (κ1) is 18.8. The Labute approximate surface area is 168 Å². The Balaban J connectivity index is 1.52. The highest BCUT2D eigenvalue weighted by molar-refractivity contribution is 6.30. The van der Waals surface area contributed by atoms with E-state index < -0.39 is 0 Å². The van der Waals surface area contributed by atoms with Crippen LogP contribution < -0.4 is 5.32 Å². The highest BCUT2D eigenvalue weighted by Crippen LogP contribution is 2.26. The van der Waals surface area contributed by atoms with Gasteiger partial charge in [0.05, 0.1) is 6.04 Å². The molecule has 0 spiro atoms. The summed E-state index contributed by atoms with van der Waals surface area (Å²) in [5.41, 5.74) is 4.00. The minimum atomic E-state index is -0.00179. The number of halogens is 1. The number of hydrogen-bond donors (Lipinski definition) is 1. The van der Waals surface area contributed by atoms with Crippen LogP contribution in [0.15, 0.2) is 30.6 Å². The summed E-state index contributed by atoms with van der Waals surface area (Å²) in [5, 5.41) is 8.29. The van der Waals surface area contributed by atoms with Crippen LogP contribution in [0.25, 0.3) is 5.78 Å². The van der Waals surface area contributed by atoms with Gasteiger partial charge in [-0.05, 0) is 43.5 Å². The van der Waals surface area contributed by atoms with Crippen LogP contribution in [0.5, 0.6) is 0 Å². The second-order valence-electron chi connectivity index (χ2n) is 7.10. The number of nitrogens with zero attached hydrogens (tertiary/aromatic N) is 5. The number of aryl methyl sites for hydroxylation is 2. The molecule has 0 aliphatic carbocycles. The summed E-state index contributed by atoms with van der Waals surface area (Å²) in [6.07, 6.45) is 2.56. The molecule has 7 nitrogen and oxygen atoms in total. The van der Waals surface area contributed by atoms with E-state index in [9.17, 15) is 4.79 Å². The smallest absolute Gasteiger partial charge is 0.252 e. The summed E-state index contributed by atoms with van der Waals surface area (Å²) in [6, 6.07) is 7.75. The molecule has 1 fully saturated rings. The fourth-order valence-corrected chi connectivity index (χ4v) is 4.11. The zero-order chi connectivity index (χ0) is 19.7. The number of carbonyl (C=O) groups is 1. The Morgan fingerprint density at radius 3 is 3.04 bits per heavy atom. The first-order chi connectivity index (χ1) is 13.5. The van der Waals surface area contributed by atoms with Crippen molar-refractivity contribution < 1.29 is 4.79 Å². The van der Waals surface area contributed by atoms with Crippen molar-refractivity contribution in [2.75, 3.05) is 19.6 Å². The minimum absolute atomic E-state index is 0.00179. The van der Waals surface area contributed by atoms with Crippen LogP contribution in [0.4, 0.5) is 0 Å². The SMILES string of the molecule is Cc1nc2ncnn2c(C)c1CCC(=O)N1CCNCC1c1cccc(Cl)c1. The molecule has 3 aromatic rings. The van der Waals surface area contributed by atoms with Gasteiger partial charge in [0.2, 0.25) is 5.91 Å². The highest BCUT2D eigenvalue weighted by Gasteiger charge is 2.28. The maximum Gasteiger partial charge on any atom is 0.252 e. The number of aromatic nitrogens is 4. The molecule has 1 unspecified atom stereocenters. The van der Waals surface area contributed by atoms with Gasteiger partial charge < -0.3 is 10.2 Å². The number of hydrogen-bond acceptors (Lipinski definition) is 5. The predicted octanol–water partition coefficient (Wildman–Crippen LogP) is 2.50. The van der Waals surface area contributed by atoms with Gasteiger partial charge in [-0.1, -0.05) is 23.7 Å². The summed E-state index contributed by atoms with van der Waals surface area (Å²) in [7, 11) is 0. The van der Waals surface area contributed by atoms with E-state index >= 15 is 0 Å². The van der Waals surface area contributed by atoms with Crippen molar-refractivity contribution in [3.63, 3.8) is 0 Å². The zero-order valence-electron chi connectivity index (χ0n) is 16.0. The second kappa shape index (κ2) is 7.85. The maximum atomic E-state index is 13.1. The van der Waals surface area contributed by atoms with Gasteiger partial charge in [0.15, 0.2) is 0 Å².